The molecule has 0 bridgehead atoms. The third-order valence-electron chi connectivity index (χ3n) is 2.79. The first kappa shape index (κ1) is 14.9. The van der Waals surface area contributed by atoms with E-state index in [-0.39, 0.29) is 5.82 Å². The van der Waals surface area contributed by atoms with Gasteiger partial charge >= 0.3 is 0 Å². The van der Waals surface area contributed by atoms with Crippen LogP contribution in [0.5, 0.6) is 0 Å². The molecular formula is C14H14Cl2FN3. The highest BCUT2D eigenvalue weighted by Crippen LogP contribution is 2.32. The van der Waals surface area contributed by atoms with Crippen LogP contribution in [0.25, 0.3) is 0 Å². The Morgan fingerprint density at radius 1 is 1.20 bits per heavy atom. The first-order valence-corrected chi connectivity index (χ1v) is 6.90. The van der Waals surface area contributed by atoms with Crippen LogP contribution in [-0.4, -0.2) is 11.5 Å². The first-order chi connectivity index (χ1) is 9.52. The minimum atomic E-state index is -0.285. The fourth-order valence-corrected chi connectivity index (χ4v) is 2.19. The van der Waals surface area contributed by atoms with E-state index in [9.17, 15) is 4.39 Å². The van der Waals surface area contributed by atoms with Crippen LogP contribution in [0.15, 0.2) is 24.3 Å². The van der Waals surface area contributed by atoms with Crippen LogP contribution < -0.4 is 10.6 Å². The maximum atomic E-state index is 13.5. The van der Waals surface area contributed by atoms with Gasteiger partial charge in [-0.3, -0.25) is 0 Å². The average Bonchev–Trinajstić information content (AvgIpc) is 2.40. The molecule has 6 heteroatoms. The fourth-order valence-electron chi connectivity index (χ4n) is 1.72. The Labute approximate surface area is 127 Å². The lowest BCUT2D eigenvalue weighted by Crippen LogP contribution is -2.04. The molecule has 0 saturated heterocycles. The number of anilines is 3. The summed E-state index contributed by atoms with van der Waals surface area (Å²) in [5.41, 5.74) is 1.12. The molecule has 0 fully saturated rings. The summed E-state index contributed by atoms with van der Waals surface area (Å²) in [6.07, 6.45) is 0. The van der Waals surface area contributed by atoms with Gasteiger partial charge in [0.1, 0.15) is 11.6 Å². The third kappa shape index (κ3) is 3.14. The Morgan fingerprint density at radius 3 is 2.60 bits per heavy atom. The topological polar surface area (TPSA) is 37.0 Å². The van der Waals surface area contributed by atoms with E-state index in [0.717, 1.165) is 0 Å². The summed E-state index contributed by atoms with van der Waals surface area (Å²) in [5.74, 6) is 0.683. The summed E-state index contributed by atoms with van der Waals surface area (Å²) in [7, 11) is 0. The van der Waals surface area contributed by atoms with Crippen LogP contribution in [0.4, 0.5) is 21.7 Å². The van der Waals surface area contributed by atoms with Gasteiger partial charge in [0.2, 0.25) is 0 Å². The van der Waals surface area contributed by atoms with Gasteiger partial charge in [0.15, 0.2) is 5.82 Å². The Kier molecular flexibility index (Phi) is 4.68. The van der Waals surface area contributed by atoms with Gasteiger partial charge in [0.05, 0.1) is 10.0 Å². The minimum absolute atomic E-state index is 0.285. The van der Waals surface area contributed by atoms with Gasteiger partial charge in [-0.25, -0.2) is 9.37 Å². The first-order valence-electron chi connectivity index (χ1n) is 6.15. The molecule has 0 amide bonds. The van der Waals surface area contributed by atoms with Crippen LogP contribution in [0.3, 0.4) is 0 Å². The van der Waals surface area contributed by atoms with Gasteiger partial charge in [-0.05, 0) is 32.0 Å². The number of halogens is 3. The van der Waals surface area contributed by atoms with Crippen molar-refractivity contribution in [2.24, 2.45) is 0 Å². The number of aromatic nitrogens is 1. The lowest BCUT2D eigenvalue weighted by atomic mass is 10.2. The van der Waals surface area contributed by atoms with E-state index in [1.165, 1.54) is 6.07 Å². The van der Waals surface area contributed by atoms with E-state index >= 15 is 0 Å². The number of pyridine rings is 1. The van der Waals surface area contributed by atoms with Crippen LogP contribution >= 0.6 is 23.2 Å². The molecule has 0 saturated carbocycles. The maximum Gasteiger partial charge on any atom is 0.151 e. The molecule has 0 aliphatic rings. The fraction of sp³-hybridized carbons (Fsp3) is 0.214. The van der Waals surface area contributed by atoms with Gasteiger partial charge in [0, 0.05) is 17.8 Å². The van der Waals surface area contributed by atoms with Crippen molar-refractivity contribution in [2.75, 3.05) is 17.2 Å². The zero-order valence-electron chi connectivity index (χ0n) is 11.1. The lowest BCUT2D eigenvalue weighted by molar-refractivity contribution is 0.619. The predicted molar refractivity (Wildman–Crippen MR) is 82.8 cm³/mol. The number of nitrogens with one attached hydrogen (secondary N) is 2. The standard InChI is InChI=1S/C14H14Cl2FN3/c1-3-18-13-9(15)7-10(16)14(20-13)19-12-6-4-5-11(17)8(12)2/h4-7H,3H2,1-2H3,(H2,18,19,20). The highest BCUT2D eigenvalue weighted by atomic mass is 35.5. The number of rotatable bonds is 4. The molecule has 0 unspecified atom stereocenters. The van der Waals surface area contributed by atoms with Crippen LogP contribution in [0, 0.1) is 12.7 Å². The number of benzene rings is 1. The molecule has 0 aliphatic carbocycles. The predicted octanol–water partition coefficient (Wildman–Crippen LogP) is 5.01. The molecule has 1 heterocycles. The Bertz CT molecular complexity index is 632. The largest absolute Gasteiger partial charge is 0.369 e. The second-order valence-corrected chi connectivity index (χ2v) is 5.03. The molecule has 1 aromatic heterocycles. The summed E-state index contributed by atoms with van der Waals surface area (Å²) in [5, 5.41) is 6.88. The van der Waals surface area contributed by atoms with Gasteiger partial charge in [-0.2, -0.15) is 0 Å². The van der Waals surface area contributed by atoms with E-state index in [4.69, 9.17) is 23.2 Å². The number of hydrogen-bond donors (Lipinski definition) is 2. The molecule has 2 N–H and O–H groups in total. The van der Waals surface area contributed by atoms with E-state index < -0.39 is 0 Å². The minimum Gasteiger partial charge on any atom is -0.369 e. The van der Waals surface area contributed by atoms with Crippen molar-refractivity contribution < 1.29 is 4.39 Å². The van der Waals surface area contributed by atoms with Crippen molar-refractivity contribution in [3.05, 3.63) is 45.7 Å². The smallest absolute Gasteiger partial charge is 0.151 e. The normalized spacial score (nSPS) is 10.4. The van der Waals surface area contributed by atoms with Gasteiger partial charge < -0.3 is 10.6 Å². The molecule has 3 nitrogen and oxygen atoms in total. The molecule has 20 heavy (non-hydrogen) atoms. The summed E-state index contributed by atoms with van der Waals surface area (Å²) >= 11 is 12.2. The van der Waals surface area contributed by atoms with Crippen molar-refractivity contribution in [3.63, 3.8) is 0 Å². The summed E-state index contributed by atoms with van der Waals surface area (Å²) in [6.45, 7) is 4.32. The zero-order valence-corrected chi connectivity index (χ0v) is 12.6. The summed E-state index contributed by atoms with van der Waals surface area (Å²) < 4.78 is 13.5. The second kappa shape index (κ2) is 6.29. The van der Waals surface area contributed by atoms with Gasteiger partial charge in [-0.1, -0.05) is 29.3 Å². The van der Waals surface area contributed by atoms with E-state index in [0.29, 0.717) is 39.5 Å². The maximum absolute atomic E-state index is 13.5. The quantitative estimate of drug-likeness (QED) is 0.833. The Hall–Kier alpha value is -1.52. The molecule has 2 aromatic rings. The monoisotopic (exact) mass is 313 g/mol. The summed E-state index contributed by atoms with van der Waals surface area (Å²) in [6, 6.07) is 6.39. The average molecular weight is 314 g/mol. The third-order valence-corrected chi connectivity index (χ3v) is 3.37. The molecule has 1 aromatic carbocycles. The number of hydrogen-bond acceptors (Lipinski definition) is 3. The highest BCUT2D eigenvalue weighted by Gasteiger charge is 2.11. The molecule has 2 rings (SSSR count). The SMILES string of the molecule is CCNc1nc(Nc2cccc(F)c2C)c(Cl)cc1Cl. The molecule has 0 atom stereocenters. The van der Waals surface area contributed by atoms with Crippen LogP contribution in [0.2, 0.25) is 10.0 Å². The van der Waals surface area contributed by atoms with Crippen LogP contribution in [-0.2, 0) is 0 Å². The molecule has 0 radical (unpaired) electrons. The molecule has 0 spiro atoms. The van der Waals surface area contributed by atoms with E-state index in [2.05, 4.69) is 15.6 Å². The Balaban J connectivity index is 2.38. The van der Waals surface area contributed by atoms with Crippen molar-refractivity contribution in [2.45, 2.75) is 13.8 Å². The van der Waals surface area contributed by atoms with Crippen molar-refractivity contribution in [1.82, 2.24) is 4.98 Å². The van der Waals surface area contributed by atoms with Crippen LogP contribution in [0.1, 0.15) is 12.5 Å². The summed E-state index contributed by atoms with van der Waals surface area (Å²) in [4.78, 5) is 4.32. The molecule has 0 aliphatic heterocycles. The highest BCUT2D eigenvalue weighted by molar-refractivity contribution is 6.37. The van der Waals surface area contributed by atoms with Gasteiger partial charge in [-0.15, -0.1) is 0 Å². The lowest BCUT2D eigenvalue weighted by Gasteiger charge is -2.13. The van der Waals surface area contributed by atoms with E-state index in [1.54, 1.807) is 25.1 Å². The second-order valence-electron chi connectivity index (χ2n) is 4.22. The van der Waals surface area contributed by atoms with Gasteiger partial charge in [0.25, 0.3) is 0 Å². The molecule has 106 valence electrons. The van der Waals surface area contributed by atoms with Crippen molar-refractivity contribution in [3.8, 4) is 0 Å². The Morgan fingerprint density at radius 2 is 1.90 bits per heavy atom. The van der Waals surface area contributed by atoms with Crippen molar-refractivity contribution in [1.29, 1.82) is 0 Å². The van der Waals surface area contributed by atoms with Crippen molar-refractivity contribution >= 4 is 40.5 Å². The zero-order chi connectivity index (χ0) is 14.7. The molecular weight excluding hydrogens is 300 g/mol. The van der Waals surface area contributed by atoms with E-state index in [1.807, 2.05) is 6.92 Å². The number of nitrogens with zero attached hydrogens (tertiary/aromatic N) is 1.